The van der Waals surface area contributed by atoms with Gasteiger partial charge >= 0.3 is 5.97 Å². The topological polar surface area (TPSA) is 76.4 Å². The highest BCUT2D eigenvalue weighted by Crippen LogP contribution is 2.22. The molecule has 24 heavy (non-hydrogen) atoms. The fourth-order valence-corrected chi connectivity index (χ4v) is 3.69. The summed E-state index contributed by atoms with van der Waals surface area (Å²) < 4.78 is 5.35. The predicted octanol–water partition coefficient (Wildman–Crippen LogP) is 1.71. The predicted molar refractivity (Wildman–Crippen MR) is 94.4 cm³/mol. The molecule has 2 fully saturated rings. The van der Waals surface area contributed by atoms with Crippen molar-refractivity contribution in [2.75, 3.05) is 13.1 Å². The third kappa shape index (κ3) is 4.79. The van der Waals surface area contributed by atoms with Crippen LogP contribution in [0.1, 0.15) is 44.1 Å². The van der Waals surface area contributed by atoms with Crippen LogP contribution in [0, 0.1) is 0 Å². The number of esters is 1. The minimum Gasteiger partial charge on any atom is -0.461 e. The van der Waals surface area contributed by atoms with Crippen molar-refractivity contribution in [1.82, 2.24) is 10.6 Å². The summed E-state index contributed by atoms with van der Waals surface area (Å²) >= 11 is 0. The summed E-state index contributed by atoms with van der Waals surface area (Å²) in [5.41, 5.74) is 7.16. The molecule has 5 heteroatoms. The van der Waals surface area contributed by atoms with Crippen molar-refractivity contribution in [2.24, 2.45) is 5.73 Å². The van der Waals surface area contributed by atoms with Crippen LogP contribution in [-0.4, -0.2) is 36.7 Å². The van der Waals surface area contributed by atoms with Crippen LogP contribution in [-0.2, 0) is 16.1 Å². The van der Waals surface area contributed by atoms with Crippen LogP contribution in [0.15, 0.2) is 30.3 Å². The summed E-state index contributed by atoms with van der Waals surface area (Å²) in [6, 6.07) is 10.8. The lowest BCUT2D eigenvalue weighted by Crippen LogP contribution is -2.53. The van der Waals surface area contributed by atoms with Crippen molar-refractivity contribution >= 4 is 5.97 Å². The number of rotatable bonds is 5. The molecule has 1 aliphatic heterocycles. The van der Waals surface area contributed by atoms with Crippen LogP contribution in [0.5, 0.6) is 0 Å². The highest BCUT2D eigenvalue weighted by Gasteiger charge is 2.34. The summed E-state index contributed by atoms with van der Waals surface area (Å²) in [6.07, 6.45) is 6.01. The number of nitrogens with one attached hydrogen (secondary N) is 2. The number of carbonyl (C=O) groups excluding carboxylic acids is 1. The second kappa shape index (κ2) is 8.10. The molecule has 0 bridgehead atoms. The molecule has 1 saturated carbocycles. The molecule has 1 saturated heterocycles. The zero-order valence-electron chi connectivity index (χ0n) is 14.3. The molecule has 1 aliphatic carbocycles. The van der Waals surface area contributed by atoms with E-state index in [1.54, 1.807) is 0 Å². The average Bonchev–Trinajstić information content (AvgIpc) is 2.79. The van der Waals surface area contributed by atoms with Gasteiger partial charge in [0.2, 0.25) is 0 Å². The fraction of sp³-hybridized carbons (Fsp3) is 0.632. The van der Waals surface area contributed by atoms with Gasteiger partial charge in [-0.25, -0.2) is 0 Å². The van der Waals surface area contributed by atoms with Gasteiger partial charge in [0.1, 0.15) is 6.61 Å². The first-order valence-electron chi connectivity index (χ1n) is 9.10. The number of hydrogen-bond donors (Lipinski definition) is 3. The van der Waals surface area contributed by atoms with E-state index in [4.69, 9.17) is 10.5 Å². The molecule has 0 unspecified atom stereocenters. The quantitative estimate of drug-likeness (QED) is 0.716. The van der Waals surface area contributed by atoms with Gasteiger partial charge in [-0.05, 0) is 24.8 Å². The molecule has 0 spiro atoms. The smallest absolute Gasteiger partial charge is 0.306 e. The van der Waals surface area contributed by atoms with Gasteiger partial charge in [0.15, 0.2) is 0 Å². The number of benzene rings is 1. The Morgan fingerprint density at radius 3 is 2.38 bits per heavy atom. The highest BCUT2D eigenvalue weighted by atomic mass is 16.5. The van der Waals surface area contributed by atoms with Crippen LogP contribution in [0.3, 0.4) is 0 Å². The van der Waals surface area contributed by atoms with Crippen LogP contribution in [0.4, 0.5) is 0 Å². The molecule has 0 aromatic heterocycles. The molecule has 2 atom stereocenters. The minimum absolute atomic E-state index is 0.176. The zero-order chi connectivity index (χ0) is 16.8. The maximum Gasteiger partial charge on any atom is 0.306 e. The van der Waals surface area contributed by atoms with Crippen LogP contribution < -0.4 is 16.4 Å². The van der Waals surface area contributed by atoms with Gasteiger partial charge in [-0.15, -0.1) is 0 Å². The Morgan fingerprint density at radius 2 is 1.75 bits per heavy atom. The normalized spacial score (nSPS) is 26.2. The van der Waals surface area contributed by atoms with E-state index in [1.807, 2.05) is 30.3 Å². The van der Waals surface area contributed by atoms with Crippen LogP contribution in [0.25, 0.3) is 0 Å². The molecule has 132 valence electrons. The average molecular weight is 331 g/mol. The maximum atomic E-state index is 12.0. The first-order valence-corrected chi connectivity index (χ1v) is 9.10. The Morgan fingerprint density at radius 1 is 1.12 bits per heavy atom. The second-order valence-corrected chi connectivity index (χ2v) is 7.27. The summed E-state index contributed by atoms with van der Waals surface area (Å²) in [4.78, 5) is 12.0. The lowest BCUT2D eigenvalue weighted by Gasteiger charge is -2.30. The van der Waals surface area contributed by atoms with Gasteiger partial charge in [0, 0.05) is 37.1 Å². The summed E-state index contributed by atoms with van der Waals surface area (Å²) in [7, 11) is 0. The molecule has 1 heterocycles. The lowest BCUT2D eigenvalue weighted by molar-refractivity contribution is -0.145. The van der Waals surface area contributed by atoms with Crippen molar-refractivity contribution in [3.05, 3.63) is 35.9 Å². The third-order valence-corrected chi connectivity index (χ3v) is 5.27. The van der Waals surface area contributed by atoms with Gasteiger partial charge in [-0.1, -0.05) is 43.2 Å². The Balaban J connectivity index is 1.43. The summed E-state index contributed by atoms with van der Waals surface area (Å²) in [5, 5.41) is 7.23. The SMILES string of the molecule is NC1(CCC(=O)OCc2ccccc2)CN[C@@H]2CCCC[C@H]2NC1. The second-order valence-electron chi connectivity index (χ2n) is 7.27. The van der Waals surface area contributed by atoms with E-state index in [2.05, 4.69) is 10.6 Å². The Hall–Kier alpha value is -1.43. The van der Waals surface area contributed by atoms with Crippen molar-refractivity contribution < 1.29 is 9.53 Å². The van der Waals surface area contributed by atoms with Crippen molar-refractivity contribution in [2.45, 2.75) is 62.8 Å². The molecule has 1 aromatic rings. The molecule has 5 nitrogen and oxygen atoms in total. The summed E-state index contributed by atoms with van der Waals surface area (Å²) in [5.74, 6) is -0.176. The van der Waals surface area contributed by atoms with E-state index in [1.165, 1.54) is 25.7 Å². The van der Waals surface area contributed by atoms with Crippen molar-refractivity contribution in [3.8, 4) is 0 Å². The van der Waals surface area contributed by atoms with E-state index in [9.17, 15) is 4.79 Å². The fourth-order valence-electron chi connectivity index (χ4n) is 3.69. The number of ether oxygens (including phenoxy) is 1. The third-order valence-electron chi connectivity index (χ3n) is 5.27. The molecule has 0 radical (unpaired) electrons. The van der Waals surface area contributed by atoms with Gasteiger partial charge < -0.3 is 21.1 Å². The minimum atomic E-state index is -0.386. The lowest BCUT2D eigenvalue weighted by atomic mass is 9.91. The van der Waals surface area contributed by atoms with Gasteiger partial charge in [0.05, 0.1) is 0 Å². The van der Waals surface area contributed by atoms with Crippen molar-refractivity contribution in [1.29, 1.82) is 0 Å². The molecular weight excluding hydrogens is 302 g/mol. The van der Waals surface area contributed by atoms with E-state index < -0.39 is 0 Å². The first-order chi connectivity index (χ1) is 11.6. The zero-order valence-corrected chi connectivity index (χ0v) is 14.3. The number of hydrogen-bond acceptors (Lipinski definition) is 5. The van der Waals surface area contributed by atoms with Crippen LogP contribution >= 0.6 is 0 Å². The van der Waals surface area contributed by atoms with E-state index >= 15 is 0 Å². The van der Waals surface area contributed by atoms with Gasteiger partial charge in [-0.2, -0.15) is 0 Å². The standard InChI is InChI=1S/C19H29N3O2/c20-19(13-21-16-8-4-5-9-17(16)22-14-19)11-10-18(23)24-12-15-6-2-1-3-7-15/h1-3,6-7,16-17,21-22H,4-5,8-14,20H2/t16-,17-/m1/s1. The number of fused-ring (bicyclic) bond motifs is 1. The Labute approximate surface area is 144 Å². The van der Waals surface area contributed by atoms with E-state index in [-0.39, 0.29) is 11.5 Å². The monoisotopic (exact) mass is 331 g/mol. The largest absolute Gasteiger partial charge is 0.461 e. The molecular formula is C19H29N3O2. The first kappa shape index (κ1) is 17.4. The molecule has 1 aromatic carbocycles. The number of nitrogens with two attached hydrogens (primary N) is 1. The Bertz CT molecular complexity index is 519. The van der Waals surface area contributed by atoms with Crippen molar-refractivity contribution in [3.63, 3.8) is 0 Å². The molecule has 3 rings (SSSR count). The Kier molecular flexibility index (Phi) is 5.87. The maximum absolute atomic E-state index is 12.0. The highest BCUT2D eigenvalue weighted by molar-refractivity contribution is 5.69. The van der Waals surface area contributed by atoms with Crippen LogP contribution in [0.2, 0.25) is 0 Å². The molecule has 2 aliphatic rings. The molecule has 4 N–H and O–H groups in total. The summed E-state index contributed by atoms with van der Waals surface area (Å²) in [6.45, 7) is 1.85. The van der Waals surface area contributed by atoms with E-state index in [0.29, 0.717) is 31.5 Å². The van der Waals surface area contributed by atoms with E-state index in [0.717, 1.165) is 18.7 Å². The van der Waals surface area contributed by atoms with Gasteiger partial charge in [0.25, 0.3) is 0 Å². The molecule has 0 amide bonds. The van der Waals surface area contributed by atoms with Gasteiger partial charge in [-0.3, -0.25) is 4.79 Å². The number of carbonyl (C=O) groups is 1.